The van der Waals surface area contributed by atoms with Gasteiger partial charge in [-0.2, -0.15) is 13.2 Å². The van der Waals surface area contributed by atoms with E-state index in [1.165, 1.54) is 0 Å². The summed E-state index contributed by atoms with van der Waals surface area (Å²) in [6.07, 6.45) is -3.01. The molecule has 1 aromatic rings. The highest BCUT2D eigenvalue weighted by Crippen LogP contribution is 2.33. The molecular formula is C14H17F3N2O. The van der Waals surface area contributed by atoms with Gasteiger partial charge in [0.05, 0.1) is 6.54 Å². The summed E-state index contributed by atoms with van der Waals surface area (Å²) in [5.41, 5.74) is 2.23. The third-order valence-corrected chi connectivity index (χ3v) is 3.40. The summed E-state index contributed by atoms with van der Waals surface area (Å²) in [6.45, 7) is 1.34. The van der Waals surface area contributed by atoms with E-state index in [-0.39, 0.29) is 11.9 Å². The van der Waals surface area contributed by atoms with Crippen molar-refractivity contribution in [1.29, 1.82) is 0 Å². The van der Waals surface area contributed by atoms with Crippen molar-refractivity contribution < 1.29 is 18.0 Å². The smallest absolute Gasteiger partial charge is 0.352 e. The van der Waals surface area contributed by atoms with Crippen molar-refractivity contribution in [3.8, 4) is 0 Å². The van der Waals surface area contributed by atoms with Gasteiger partial charge in [0, 0.05) is 18.2 Å². The molecule has 110 valence electrons. The van der Waals surface area contributed by atoms with Crippen LogP contribution >= 0.6 is 0 Å². The van der Waals surface area contributed by atoms with Crippen molar-refractivity contribution in [3.63, 3.8) is 0 Å². The lowest BCUT2D eigenvalue weighted by Crippen LogP contribution is -2.31. The van der Waals surface area contributed by atoms with E-state index in [1.54, 1.807) is 18.2 Å². The molecule has 0 heterocycles. The molecule has 3 nitrogen and oxygen atoms in total. The molecule has 6 heteroatoms. The van der Waals surface area contributed by atoms with Gasteiger partial charge in [-0.05, 0) is 37.0 Å². The SMILES string of the molecule is CCNC(=O)c1cccc2c1CCC2NCC(F)(F)F. The molecule has 0 saturated carbocycles. The summed E-state index contributed by atoms with van der Waals surface area (Å²) in [6, 6.07) is 4.90. The normalized spacial score (nSPS) is 17.9. The summed E-state index contributed by atoms with van der Waals surface area (Å²) in [5, 5.41) is 5.24. The van der Waals surface area contributed by atoms with Crippen LogP contribution in [-0.2, 0) is 6.42 Å². The van der Waals surface area contributed by atoms with Crippen LogP contribution in [0.1, 0.15) is 40.9 Å². The molecule has 2 N–H and O–H groups in total. The van der Waals surface area contributed by atoms with Crippen molar-refractivity contribution in [3.05, 3.63) is 34.9 Å². The molecule has 1 aromatic carbocycles. The number of hydrogen-bond acceptors (Lipinski definition) is 2. The van der Waals surface area contributed by atoms with Gasteiger partial charge in [-0.3, -0.25) is 4.79 Å². The van der Waals surface area contributed by atoms with Crippen molar-refractivity contribution in [2.45, 2.75) is 32.0 Å². The van der Waals surface area contributed by atoms with Crippen molar-refractivity contribution in [1.82, 2.24) is 10.6 Å². The van der Waals surface area contributed by atoms with Crippen molar-refractivity contribution in [2.24, 2.45) is 0 Å². The Morgan fingerprint density at radius 1 is 1.40 bits per heavy atom. The van der Waals surface area contributed by atoms with Crippen LogP contribution in [0.3, 0.4) is 0 Å². The zero-order valence-corrected chi connectivity index (χ0v) is 11.2. The Kier molecular flexibility index (Phi) is 4.32. The molecule has 2 rings (SSSR count). The minimum absolute atomic E-state index is 0.166. The number of fused-ring (bicyclic) bond motifs is 1. The van der Waals surface area contributed by atoms with Gasteiger partial charge < -0.3 is 10.6 Å². The third kappa shape index (κ3) is 3.30. The number of amides is 1. The number of halogens is 3. The maximum atomic E-state index is 12.3. The van der Waals surface area contributed by atoms with Crippen LogP contribution in [0.5, 0.6) is 0 Å². The zero-order valence-electron chi connectivity index (χ0n) is 11.2. The summed E-state index contributed by atoms with van der Waals surface area (Å²) in [4.78, 5) is 11.9. The Morgan fingerprint density at radius 2 is 2.15 bits per heavy atom. The molecule has 0 radical (unpaired) electrons. The fourth-order valence-electron chi connectivity index (χ4n) is 2.57. The standard InChI is InChI=1S/C14H17F3N2O/c1-2-18-13(20)11-5-3-4-10-9(11)6-7-12(10)19-8-14(15,16)17/h3-5,12,19H,2,6-8H2,1H3,(H,18,20). The second-order valence-corrected chi connectivity index (χ2v) is 4.82. The molecule has 20 heavy (non-hydrogen) atoms. The second-order valence-electron chi connectivity index (χ2n) is 4.82. The molecule has 1 atom stereocenters. The molecule has 1 unspecified atom stereocenters. The Morgan fingerprint density at radius 3 is 2.80 bits per heavy atom. The van der Waals surface area contributed by atoms with Gasteiger partial charge in [0.1, 0.15) is 0 Å². The van der Waals surface area contributed by atoms with Crippen LogP contribution in [0.2, 0.25) is 0 Å². The lowest BCUT2D eigenvalue weighted by atomic mass is 10.0. The minimum atomic E-state index is -4.22. The maximum Gasteiger partial charge on any atom is 0.401 e. The molecule has 0 saturated heterocycles. The molecule has 1 aliphatic carbocycles. The molecule has 0 aromatic heterocycles. The molecule has 1 aliphatic rings. The fraction of sp³-hybridized carbons (Fsp3) is 0.500. The average molecular weight is 286 g/mol. The van der Waals surface area contributed by atoms with E-state index in [4.69, 9.17) is 0 Å². The van der Waals surface area contributed by atoms with Crippen LogP contribution in [-0.4, -0.2) is 25.2 Å². The first kappa shape index (κ1) is 14.8. The van der Waals surface area contributed by atoms with Crippen LogP contribution in [0, 0.1) is 0 Å². The summed E-state index contributed by atoms with van der Waals surface area (Å²) in [7, 11) is 0. The lowest BCUT2D eigenvalue weighted by molar-refractivity contribution is -0.126. The van der Waals surface area contributed by atoms with Crippen LogP contribution < -0.4 is 10.6 Å². The quantitative estimate of drug-likeness (QED) is 0.893. The summed E-state index contributed by atoms with van der Waals surface area (Å²) in [5.74, 6) is -0.166. The van der Waals surface area contributed by atoms with Gasteiger partial charge in [-0.15, -0.1) is 0 Å². The molecule has 0 aliphatic heterocycles. The number of benzene rings is 1. The summed E-state index contributed by atoms with van der Waals surface area (Å²) < 4.78 is 36.8. The Bertz CT molecular complexity index is 500. The number of rotatable bonds is 4. The fourth-order valence-corrected chi connectivity index (χ4v) is 2.57. The highest BCUT2D eigenvalue weighted by atomic mass is 19.4. The van der Waals surface area contributed by atoms with Crippen LogP contribution in [0.15, 0.2) is 18.2 Å². The first-order valence-corrected chi connectivity index (χ1v) is 6.62. The van der Waals surface area contributed by atoms with Crippen molar-refractivity contribution >= 4 is 5.91 Å². The third-order valence-electron chi connectivity index (χ3n) is 3.40. The highest BCUT2D eigenvalue weighted by molar-refractivity contribution is 5.96. The number of alkyl halides is 3. The second kappa shape index (κ2) is 5.83. The number of hydrogen-bond donors (Lipinski definition) is 2. The largest absolute Gasteiger partial charge is 0.401 e. The van der Waals surface area contributed by atoms with Gasteiger partial charge in [-0.1, -0.05) is 12.1 Å². The molecule has 1 amide bonds. The van der Waals surface area contributed by atoms with E-state index >= 15 is 0 Å². The van der Waals surface area contributed by atoms with E-state index < -0.39 is 12.7 Å². The summed E-state index contributed by atoms with van der Waals surface area (Å²) >= 11 is 0. The predicted octanol–water partition coefficient (Wildman–Crippen LogP) is 2.58. The minimum Gasteiger partial charge on any atom is -0.352 e. The van der Waals surface area contributed by atoms with Crippen LogP contribution in [0.25, 0.3) is 0 Å². The van der Waals surface area contributed by atoms with Gasteiger partial charge in [-0.25, -0.2) is 0 Å². The van der Waals surface area contributed by atoms with Gasteiger partial charge in [0.2, 0.25) is 0 Å². The number of carbonyl (C=O) groups excluding carboxylic acids is 1. The molecule has 0 bridgehead atoms. The van der Waals surface area contributed by atoms with E-state index in [9.17, 15) is 18.0 Å². The lowest BCUT2D eigenvalue weighted by Gasteiger charge is -2.16. The van der Waals surface area contributed by atoms with Gasteiger partial charge in [0.25, 0.3) is 5.91 Å². The van der Waals surface area contributed by atoms with E-state index in [0.717, 1.165) is 11.1 Å². The van der Waals surface area contributed by atoms with E-state index in [1.807, 2.05) is 6.92 Å². The predicted molar refractivity (Wildman–Crippen MR) is 69.6 cm³/mol. The van der Waals surface area contributed by atoms with Crippen LogP contribution in [0.4, 0.5) is 13.2 Å². The average Bonchev–Trinajstić information content (AvgIpc) is 2.78. The van der Waals surface area contributed by atoms with Gasteiger partial charge >= 0.3 is 6.18 Å². The highest BCUT2D eigenvalue weighted by Gasteiger charge is 2.31. The first-order chi connectivity index (χ1) is 9.42. The topological polar surface area (TPSA) is 41.1 Å². The molecule has 0 spiro atoms. The van der Waals surface area contributed by atoms with Crippen molar-refractivity contribution in [2.75, 3.05) is 13.1 Å². The Labute approximate surface area is 115 Å². The molecule has 0 fully saturated rings. The zero-order chi connectivity index (χ0) is 14.8. The van der Waals surface area contributed by atoms with E-state index in [0.29, 0.717) is 24.9 Å². The number of nitrogens with one attached hydrogen (secondary N) is 2. The van der Waals surface area contributed by atoms with E-state index in [2.05, 4.69) is 10.6 Å². The monoisotopic (exact) mass is 286 g/mol. The van der Waals surface area contributed by atoms with Gasteiger partial charge in [0.15, 0.2) is 0 Å². The Hall–Kier alpha value is -1.56. The maximum absolute atomic E-state index is 12.3. The Balaban J connectivity index is 2.17. The first-order valence-electron chi connectivity index (χ1n) is 6.62. The molecular weight excluding hydrogens is 269 g/mol. The number of carbonyl (C=O) groups is 1.